The van der Waals surface area contributed by atoms with Crippen LogP contribution in [0, 0.1) is 17.8 Å². The van der Waals surface area contributed by atoms with Gasteiger partial charge in [-0.2, -0.15) is 17.6 Å². The lowest BCUT2D eigenvalue weighted by Crippen LogP contribution is -2.29. The topological polar surface area (TPSA) is 9.23 Å². The Labute approximate surface area is 181 Å². The van der Waals surface area contributed by atoms with E-state index >= 15 is 0 Å². The monoisotopic (exact) mass is 430 g/mol. The summed E-state index contributed by atoms with van der Waals surface area (Å²) in [5.74, 6) is 7.22. The number of halogens is 4. The van der Waals surface area contributed by atoms with E-state index < -0.39 is 12.5 Å². The standard InChI is InChI=1S/C26H26F4O/c1-2-3-4-19-5-7-20(8-6-19)9-10-21-11-13-22(14-12-21)23-15-17-24(18-16-23)31-25(27)26(28,29)30/h2,5-8,15-18,21-22,25H,1,3-4,11-14H2/t21-,22-,25?. The summed E-state index contributed by atoms with van der Waals surface area (Å²) < 4.78 is 54.1. The summed E-state index contributed by atoms with van der Waals surface area (Å²) in [5.41, 5.74) is 3.34. The van der Waals surface area contributed by atoms with Crippen molar-refractivity contribution in [3.05, 3.63) is 77.9 Å². The third-order valence-corrected chi connectivity index (χ3v) is 5.59. The van der Waals surface area contributed by atoms with Crippen molar-refractivity contribution >= 4 is 0 Å². The summed E-state index contributed by atoms with van der Waals surface area (Å²) in [5, 5.41) is 0. The fourth-order valence-corrected chi connectivity index (χ4v) is 3.78. The van der Waals surface area contributed by atoms with Crippen molar-refractivity contribution in [1.29, 1.82) is 0 Å². The summed E-state index contributed by atoms with van der Waals surface area (Å²) in [6.07, 6.45) is -0.565. The van der Waals surface area contributed by atoms with Gasteiger partial charge in [0.25, 0.3) is 0 Å². The number of hydrogen-bond donors (Lipinski definition) is 0. The number of rotatable bonds is 6. The van der Waals surface area contributed by atoms with E-state index in [0.717, 1.165) is 49.7 Å². The highest BCUT2D eigenvalue weighted by atomic mass is 19.4. The van der Waals surface area contributed by atoms with E-state index in [1.165, 1.54) is 17.7 Å². The van der Waals surface area contributed by atoms with Crippen LogP contribution in [0.1, 0.15) is 54.7 Å². The molecule has 0 bridgehead atoms. The van der Waals surface area contributed by atoms with Gasteiger partial charge in [-0.25, -0.2) is 0 Å². The summed E-state index contributed by atoms with van der Waals surface area (Å²) >= 11 is 0. The molecule has 1 atom stereocenters. The molecule has 31 heavy (non-hydrogen) atoms. The summed E-state index contributed by atoms with van der Waals surface area (Å²) in [7, 11) is 0. The summed E-state index contributed by atoms with van der Waals surface area (Å²) in [4.78, 5) is 0. The molecular formula is C26H26F4O. The van der Waals surface area contributed by atoms with Crippen LogP contribution in [0.5, 0.6) is 5.75 Å². The fourth-order valence-electron chi connectivity index (χ4n) is 3.78. The van der Waals surface area contributed by atoms with Gasteiger partial charge in [0.15, 0.2) is 0 Å². The van der Waals surface area contributed by atoms with Crippen molar-refractivity contribution in [2.45, 2.75) is 57.0 Å². The first-order chi connectivity index (χ1) is 14.8. The van der Waals surface area contributed by atoms with Crippen molar-refractivity contribution < 1.29 is 22.3 Å². The number of alkyl halides is 4. The normalized spacial score (nSPS) is 19.7. The van der Waals surface area contributed by atoms with Gasteiger partial charge < -0.3 is 4.74 Å². The molecule has 164 valence electrons. The smallest absolute Gasteiger partial charge is 0.452 e. The van der Waals surface area contributed by atoms with Crippen LogP contribution in [0.3, 0.4) is 0 Å². The maximum Gasteiger partial charge on any atom is 0.457 e. The molecule has 1 aliphatic rings. The SMILES string of the molecule is C=CCCc1ccc(C#C[C@H]2CC[C@H](c3ccc(OC(F)C(F)(F)F)cc3)CC2)cc1. The Kier molecular flexibility index (Phi) is 7.79. The van der Waals surface area contributed by atoms with E-state index in [0.29, 0.717) is 11.8 Å². The van der Waals surface area contributed by atoms with E-state index in [2.05, 4.69) is 47.4 Å². The third-order valence-electron chi connectivity index (χ3n) is 5.59. The van der Waals surface area contributed by atoms with Gasteiger partial charge in [0, 0.05) is 11.5 Å². The number of hydrogen-bond acceptors (Lipinski definition) is 1. The Hall–Kier alpha value is -2.74. The predicted octanol–water partition coefficient (Wildman–Crippen LogP) is 7.37. The highest BCUT2D eigenvalue weighted by molar-refractivity contribution is 5.37. The minimum absolute atomic E-state index is 0.122. The van der Waals surface area contributed by atoms with E-state index in [1.807, 2.05) is 6.08 Å². The number of allylic oxidation sites excluding steroid dienone is 1. The Bertz CT molecular complexity index is 896. The molecule has 2 aromatic carbocycles. The van der Waals surface area contributed by atoms with Crippen molar-refractivity contribution in [2.75, 3.05) is 0 Å². The van der Waals surface area contributed by atoms with Crippen LogP contribution in [-0.4, -0.2) is 12.5 Å². The Morgan fingerprint density at radius 2 is 1.65 bits per heavy atom. The molecule has 0 spiro atoms. The van der Waals surface area contributed by atoms with E-state index in [1.54, 1.807) is 12.1 Å². The van der Waals surface area contributed by atoms with Gasteiger partial charge in [-0.1, -0.05) is 42.2 Å². The first-order valence-electron chi connectivity index (χ1n) is 10.5. The number of aryl methyl sites for hydroxylation is 1. The third kappa shape index (κ3) is 6.89. The second kappa shape index (κ2) is 10.5. The second-order valence-electron chi connectivity index (χ2n) is 7.89. The molecule has 1 aliphatic carbocycles. The molecule has 1 nitrogen and oxygen atoms in total. The minimum atomic E-state index is -5.02. The maximum absolute atomic E-state index is 13.0. The van der Waals surface area contributed by atoms with E-state index in [9.17, 15) is 17.6 Å². The van der Waals surface area contributed by atoms with Crippen LogP contribution < -0.4 is 4.74 Å². The average Bonchev–Trinajstić information content (AvgIpc) is 2.77. The Morgan fingerprint density at radius 1 is 1.00 bits per heavy atom. The van der Waals surface area contributed by atoms with Crippen LogP contribution in [0.4, 0.5) is 17.6 Å². The molecule has 1 unspecified atom stereocenters. The second-order valence-corrected chi connectivity index (χ2v) is 7.89. The van der Waals surface area contributed by atoms with Crippen LogP contribution in [0.25, 0.3) is 0 Å². The van der Waals surface area contributed by atoms with Gasteiger partial charge in [0.05, 0.1) is 0 Å². The summed E-state index contributed by atoms with van der Waals surface area (Å²) in [6.45, 7) is 3.74. The quantitative estimate of drug-likeness (QED) is 0.264. The largest absolute Gasteiger partial charge is 0.457 e. The minimum Gasteiger partial charge on any atom is -0.452 e. The molecule has 0 aliphatic heterocycles. The van der Waals surface area contributed by atoms with Crippen molar-refractivity contribution in [2.24, 2.45) is 5.92 Å². The highest BCUT2D eigenvalue weighted by Crippen LogP contribution is 2.36. The molecule has 0 N–H and O–H groups in total. The zero-order valence-corrected chi connectivity index (χ0v) is 17.3. The molecule has 0 saturated heterocycles. The average molecular weight is 430 g/mol. The number of ether oxygens (including phenoxy) is 1. The van der Waals surface area contributed by atoms with Gasteiger partial charge in [0.2, 0.25) is 0 Å². The van der Waals surface area contributed by atoms with Crippen LogP contribution in [0.15, 0.2) is 61.2 Å². The molecule has 5 heteroatoms. The molecule has 1 saturated carbocycles. The van der Waals surface area contributed by atoms with Crippen LogP contribution in [0.2, 0.25) is 0 Å². The molecule has 3 rings (SSSR count). The van der Waals surface area contributed by atoms with Gasteiger partial charge in [-0.15, -0.1) is 6.58 Å². The van der Waals surface area contributed by atoms with Crippen LogP contribution in [-0.2, 0) is 6.42 Å². The summed E-state index contributed by atoms with van der Waals surface area (Å²) in [6, 6.07) is 14.6. The first-order valence-corrected chi connectivity index (χ1v) is 10.5. The maximum atomic E-state index is 13.0. The lowest BCUT2D eigenvalue weighted by Gasteiger charge is -2.26. The van der Waals surface area contributed by atoms with Gasteiger partial charge >= 0.3 is 12.5 Å². The zero-order valence-electron chi connectivity index (χ0n) is 17.3. The Balaban J connectivity index is 1.50. The fraction of sp³-hybridized carbons (Fsp3) is 0.385. The molecule has 0 radical (unpaired) electrons. The molecule has 0 aromatic heterocycles. The first kappa shape index (κ1) is 22.9. The van der Waals surface area contributed by atoms with E-state index in [4.69, 9.17) is 0 Å². The van der Waals surface area contributed by atoms with Crippen molar-refractivity contribution in [3.63, 3.8) is 0 Å². The van der Waals surface area contributed by atoms with E-state index in [-0.39, 0.29) is 5.75 Å². The molecule has 2 aromatic rings. The lowest BCUT2D eigenvalue weighted by atomic mass is 9.79. The van der Waals surface area contributed by atoms with Crippen molar-refractivity contribution in [1.82, 2.24) is 0 Å². The van der Waals surface area contributed by atoms with Gasteiger partial charge in [0.1, 0.15) is 5.75 Å². The molecule has 0 amide bonds. The highest BCUT2D eigenvalue weighted by Gasteiger charge is 2.42. The zero-order chi connectivity index (χ0) is 22.3. The predicted molar refractivity (Wildman–Crippen MR) is 115 cm³/mol. The molecule has 0 heterocycles. The Morgan fingerprint density at radius 3 is 2.23 bits per heavy atom. The number of benzene rings is 2. The van der Waals surface area contributed by atoms with Crippen LogP contribution >= 0.6 is 0 Å². The molecular weight excluding hydrogens is 404 g/mol. The van der Waals surface area contributed by atoms with Gasteiger partial charge in [-0.3, -0.25) is 0 Å². The lowest BCUT2D eigenvalue weighted by molar-refractivity contribution is -0.236. The van der Waals surface area contributed by atoms with Gasteiger partial charge in [-0.05, 0) is 79.8 Å². The molecule has 1 fully saturated rings. The van der Waals surface area contributed by atoms with Crippen molar-refractivity contribution in [3.8, 4) is 17.6 Å².